The Kier molecular flexibility index (Phi) is 9.20. The van der Waals surface area contributed by atoms with Crippen molar-refractivity contribution in [2.75, 3.05) is 18.1 Å². The van der Waals surface area contributed by atoms with Gasteiger partial charge in [-0.05, 0) is 29.8 Å². The molecule has 3 N–H and O–H groups in total. The van der Waals surface area contributed by atoms with Crippen LogP contribution in [0.3, 0.4) is 0 Å². The number of carboxylic acids is 1. The number of amides is 3. The highest BCUT2D eigenvalue weighted by Gasteiger charge is 2.54. The van der Waals surface area contributed by atoms with Gasteiger partial charge in [0.15, 0.2) is 0 Å². The van der Waals surface area contributed by atoms with E-state index in [0.29, 0.717) is 16.2 Å². The topological polar surface area (TPSA) is 142 Å². The van der Waals surface area contributed by atoms with E-state index in [4.69, 9.17) is 16.3 Å². The molecule has 204 valence electrons. The first-order valence-corrected chi connectivity index (χ1v) is 14.1. The smallest absolute Gasteiger partial charge is 0.352 e. The lowest BCUT2D eigenvalue weighted by atomic mass is 10.0. The molecular weight excluding hydrogens is 566 g/mol. The van der Waals surface area contributed by atoms with E-state index in [1.165, 1.54) is 30.4 Å². The summed E-state index contributed by atoms with van der Waals surface area (Å²) in [6.45, 7) is 0.964. The van der Waals surface area contributed by atoms with Crippen LogP contribution in [0.15, 0.2) is 70.8 Å². The van der Waals surface area contributed by atoms with Crippen LogP contribution in [-0.4, -0.2) is 69.2 Å². The molecule has 3 amide bonds. The van der Waals surface area contributed by atoms with Gasteiger partial charge in [-0.3, -0.25) is 24.1 Å². The van der Waals surface area contributed by atoms with Gasteiger partial charge in [0.1, 0.15) is 29.8 Å². The second-order valence-electron chi connectivity index (χ2n) is 8.59. The largest absolute Gasteiger partial charge is 0.477 e. The van der Waals surface area contributed by atoms with E-state index in [2.05, 4.69) is 10.6 Å². The number of carboxylic acid groups (broad SMARTS) is 1. The number of carbonyl (C=O) groups is 5. The van der Waals surface area contributed by atoms with Gasteiger partial charge in [0, 0.05) is 28.2 Å². The zero-order chi connectivity index (χ0) is 28.1. The Hall–Kier alpha value is -3.48. The second-order valence-corrected chi connectivity index (χ2v) is 11.2. The van der Waals surface area contributed by atoms with Gasteiger partial charge in [-0.15, -0.1) is 23.5 Å². The van der Waals surface area contributed by atoms with E-state index >= 15 is 0 Å². The fourth-order valence-corrected chi connectivity index (χ4v) is 6.21. The van der Waals surface area contributed by atoms with E-state index in [-0.39, 0.29) is 23.8 Å². The van der Waals surface area contributed by atoms with Crippen molar-refractivity contribution in [3.05, 3.63) is 76.5 Å². The van der Waals surface area contributed by atoms with Gasteiger partial charge in [0.2, 0.25) is 11.8 Å². The first-order valence-electron chi connectivity index (χ1n) is 11.7. The third-order valence-corrected chi connectivity index (χ3v) is 8.48. The molecule has 0 radical (unpaired) electrons. The van der Waals surface area contributed by atoms with Crippen LogP contribution in [0.1, 0.15) is 18.5 Å². The second kappa shape index (κ2) is 12.6. The summed E-state index contributed by atoms with van der Waals surface area (Å²) in [7, 11) is 0. The van der Waals surface area contributed by atoms with Crippen LogP contribution in [0.25, 0.3) is 0 Å². The predicted octanol–water partition coefficient (Wildman–Crippen LogP) is 2.59. The molecule has 0 saturated carbocycles. The molecule has 2 heterocycles. The number of hydrogen-bond acceptors (Lipinski definition) is 8. The Morgan fingerprint density at radius 1 is 1.15 bits per heavy atom. The summed E-state index contributed by atoms with van der Waals surface area (Å²) in [6.07, 6.45) is 0. The number of carbonyl (C=O) groups excluding carboxylic acids is 4. The number of esters is 1. The zero-order valence-corrected chi connectivity index (χ0v) is 23.0. The Balaban J connectivity index is 1.45. The lowest BCUT2D eigenvalue weighted by Crippen LogP contribution is -2.71. The van der Waals surface area contributed by atoms with Gasteiger partial charge in [-0.2, -0.15) is 0 Å². The molecule has 39 heavy (non-hydrogen) atoms. The first kappa shape index (κ1) is 28.5. The third-order valence-electron chi connectivity index (χ3n) is 5.88. The lowest BCUT2D eigenvalue weighted by Gasteiger charge is -2.49. The molecule has 0 aromatic heterocycles. The standard InChI is InChI=1S/C26H24ClN3O7S2/c1-14(31)37-11-16-12-39-25-21(24(34)30(25)22(16)26(35)36)29-23(33)20(15-5-3-2-4-6-15)28-19(32)13-38-18-9-7-17(27)8-10-18/h2-10,20-21,25H,11-13H2,1H3,(H,28,32)(H,29,33)(H,35,36)/t20-,21+,25+/m0/s1. The van der Waals surface area contributed by atoms with Gasteiger partial charge in [-0.25, -0.2) is 4.79 Å². The number of rotatable bonds is 10. The number of ether oxygens (including phenoxy) is 1. The first-order chi connectivity index (χ1) is 18.7. The van der Waals surface area contributed by atoms with E-state index < -0.39 is 47.1 Å². The number of benzene rings is 2. The van der Waals surface area contributed by atoms with Gasteiger partial charge >= 0.3 is 11.9 Å². The number of aliphatic carboxylic acids is 1. The molecule has 0 aliphatic carbocycles. The number of β-lactam (4-membered cyclic amide) rings is 1. The van der Waals surface area contributed by atoms with Gasteiger partial charge in [0.25, 0.3) is 5.91 Å². The average Bonchev–Trinajstić information content (AvgIpc) is 2.92. The van der Waals surface area contributed by atoms with Crippen molar-refractivity contribution >= 4 is 64.8 Å². The fourth-order valence-electron chi connectivity index (χ4n) is 4.05. The lowest BCUT2D eigenvalue weighted by molar-refractivity contribution is -0.151. The quantitative estimate of drug-likeness (QED) is 0.216. The maximum absolute atomic E-state index is 13.4. The highest BCUT2D eigenvalue weighted by molar-refractivity contribution is 8.00. The van der Waals surface area contributed by atoms with Crippen LogP contribution in [0.5, 0.6) is 0 Å². The van der Waals surface area contributed by atoms with Crippen LogP contribution in [0.2, 0.25) is 5.02 Å². The van der Waals surface area contributed by atoms with Crippen molar-refractivity contribution in [2.24, 2.45) is 0 Å². The third kappa shape index (κ3) is 6.75. The maximum atomic E-state index is 13.4. The molecule has 2 aromatic rings. The molecule has 3 atom stereocenters. The number of nitrogens with zero attached hydrogens (tertiary/aromatic N) is 1. The van der Waals surface area contributed by atoms with Crippen molar-refractivity contribution in [3.8, 4) is 0 Å². The van der Waals surface area contributed by atoms with E-state index in [1.54, 1.807) is 54.6 Å². The van der Waals surface area contributed by atoms with Crippen LogP contribution in [0, 0.1) is 0 Å². The summed E-state index contributed by atoms with van der Waals surface area (Å²) < 4.78 is 4.94. The Morgan fingerprint density at radius 3 is 2.49 bits per heavy atom. The molecule has 4 rings (SSSR count). The summed E-state index contributed by atoms with van der Waals surface area (Å²) in [5.74, 6) is -3.24. The van der Waals surface area contributed by atoms with Crippen molar-refractivity contribution in [2.45, 2.75) is 29.3 Å². The summed E-state index contributed by atoms with van der Waals surface area (Å²) >= 11 is 8.44. The average molecular weight is 590 g/mol. The molecule has 2 aromatic carbocycles. The number of thioether (sulfide) groups is 2. The molecule has 1 fully saturated rings. The maximum Gasteiger partial charge on any atom is 0.352 e. The normalized spacial score (nSPS) is 18.9. The van der Waals surface area contributed by atoms with Crippen LogP contribution < -0.4 is 10.6 Å². The zero-order valence-electron chi connectivity index (χ0n) is 20.6. The van der Waals surface area contributed by atoms with Crippen molar-refractivity contribution in [3.63, 3.8) is 0 Å². The Morgan fingerprint density at radius 2 is 1.85 bits per heavy atom. The molecule has 0 spiro atoms. The Bertz CT molecular complexity index is 1320. The SMILES string of the molecule is CC(=O)OCC1=C(C(=O)O)N2C(=O)[C@@H](NC(=O)[C@@H](NC(=O)CSc3ccc(Cl)cc3)c3ccccc3)[C@H]2SC1. The van der Waals surface area contributed by atoms with Gasteiger partial charge in [-0.1, -0.05) is 41.9 Å². The number of halogens is 1. The van der Waals surface area contributed by atoms with Gasteiger partial charge < -0.3 is 20.5 Å². The van der Waals surface area contributed by atoms with E-state index in [0.717, 1.165) is 9.80 Å². The molecule has 0 unspecified atom stereocenters. The highest BCUT2D eigenvalue weighted by atomic mass is 35.5. The van der Waals surface area contributed by atoms with Crippen molar-refractivity contribution in [1.29, 1.82) is 0 Å². The number of fused-ring (bicyclic) bond motifs is 1. The molecule has 1 saturated heterocycles. The summed E-state index contributed by atoms with van der Waals surface area (Å²) in [4.78, 5) is 64.2. The van der Waals surface area contributed by atoms with Crippen molar-refractivity contribution < 1.29 is 33.8 Å². The summed E-state index contributed by atoms with van der Waals surface area (Å²) in [6, 6.07) is 13.6. The van der Waals surface area contributed by atoms with Crippen LogP contribution in [-0.2, 0) is 28.7 Å². The van der Waals surface area contributed by atoms with Crippen molar-refractivity contribution in [1.82, 2.24) is 15.5 Å². The predicted molar refractivity (Wildman–Crippen MR) is 146 cm³/mol. The number of hydrogen-bond donors (Lipinski definition) is 3. The van der Waals surface area contributed by atoms with E-state index in [9.17, 15) is 29.1 Å². The van der Waals surface area contributed by atoms with E-state index in [1.807, 2.05) is 0 Å². The molecule has 2 aliphatic rings. The Labute approximate surface area is 237 Å². The minimum absolute atomic E-state index is 0.0464. The van der Waals surface area contributed by atoms with Crippen LogP contribution >= 0.6 is 35.1 Å². The molecule has 2 aliphatic heterocycles. The molecular formula is C26H24ClN3O7S2. The number of nitrogens with one attached hydrogen (secondary N) is 2. The van der Waals surface area contributed by atoms with Gasteiger partial charge in [0.05, 0.1) is 5.75 Å². The van der Waals surface area contributed by atoms with Crippen LogP contribution in [0.4, 0.5) is 0 Å². The minimum Gasteiger partial charge on any atom is -0.477 e. The highest BCUT2D eigenvalue weighted by Crippen LogP contribution is 2.40. The fraction of sp³-hybridized carbons (Fsp3) is 0.269. The summed E-state index contributed by atoms with van der Waals surface area (Å²) in [5.41, 5.74) is 0.571. The molecule has 0 bridgehead atoms. The monoisotopic (exact) mass is 589 g/mol. The summed E-state index contributed by atoms with van der Waals surface area (Å²) in [5, 5.41) is 15.1. The molecule has 13 heteroatoms. The molecule has 10 nitrogen and oxygen atoms in total. The minimum atomic E-state index is -1.33.